The lowest BCUT2D eigenvalue weighted by Gasteiger charge is -2.41. The fraction of sp³-hybridized carbons (Fsp3) is 0.367. The van der Waals surface area contributed by atoms with Crippen molar-refractivity contribution in [1.29, 1.82) is 0 Å². The van der Waals surface area contributed by atoms with Crippen LogP contribution in [0.25, 0.3) is 10.8 Å². The summed E-state index contributed by atoms with van der Waals surface area (Å²) in [6, 6.07) is 2.88. The zero-order chi connectivity index (χ0) is 32.9. The number of nitrogens with zero attached hydrogens (tertiary/aromatic N) is 6. The Morgan fingerprint density at radius 2 is 1.59 bits per heavy atom. The normalized spacial score (nSPS) is 17.7. The van der Waals surface area contributed by atoms with Gasteiger partial charge < -0.3 is 4.90 Å². The van der Waals surface area contributed by atoms with Gasteiger partial charge in [-0.1, -0.05) is 19.3 Å². The van der Waals surface area contributed by atoms with Crippen LogP contribution in [0.4, 0.5) is 27.6 Å². The number of aryl methyl sites for hydroxylation is 1. The minimum absolute atomic E-state index is 0.105. The second-order valence-corrected chi connectivity index (χ2v) is 13.2. The number of anilines is 1. The molecule has 1 saturated carbocycles. The molecule has 0 N–H and O–H groups in total. The molecule has 46 heavy (non-hydrogen) atoms. The Kier molecular flexibility index (Phi) is 8.35. The first-order valence-corrected chi connectivity index (χ1v) is 16.0. The number of hydrogen-bond acceptors (Lipinski definition) is 7. The van der Waals surface area contributed by atoms with Crippen LogP contribution >= 0.6 is 0 Å². The highest BCUT2D eigenvalue weighted by Crippen LogP contribution is 2.35. The summed E-state index contributed by atoms with van der Waals surface area (Å²) in [5, 5.41) is 4.67. The van der Waals surface area contributed by atoms with Gasteiger partial charge in [-0.05, 0) is 37.5 Å². The van der Waals surface area contributed by atoms with E-state index in [4.69, 9.17) is 0 Å². The monoisotopic (exact) mass is 662 g/mol. The van der Waals surface area contributed by atoms with Gasteiger partial charge in [0.15, 0.2) is 28.2 Å². The summed E-state index contributed by atoms with van der Waals surface area (Å²) in [7, 11) is -3.89. The topological polar surface area (TPSA) is 118 Å². The summed E-state index contributed by atoms with van der Waals surface area (Å²) in [4.78, 5) is 34.8. The molecule has 2 aliphatic rings. The molecule has 1 unspecified atom stereocenters. The molecule has 16 heteroatoms. The average Bonchev–Trinajstić information content (AvgIpc) is 3.03. The van der Waals surface area contributed by atoms with Gasteiger partial charge in [-0.3, -0.25) is 19.6 Å². The Bertz CT molecular complexity index is 1990. The van der Waals surface area contributed by atoms with Crippen molar-refractivity contribution in [2.75, 3.05) is 11.4 Å². The highest BCUT2D eigenvalue weighted by Gasteiger charge is 2.48. The van der Waals surface area contributed by atoms with Gasteiger partial charge in [0.1, 0.15) is 6.04 Å². The zero-order valence-corrected chi connectivity index (χ0v) is 25.2. The van der Waals surface area contributed by atoms with Crippen LogP contribution in [-0.4, -0.2) is 51.0 Å². The third-order valence-corrected chi connectivity index (χ3v) is 10.5. The molecule has 0 radical (unpaired) electrons. The maximum atomic E-state index is 14.6. The molecule has 1 aliphatic carbocycles. The number of halogens is 5. The number of carbonyl (C=O) groups excluding carboxylic acids is 1. The van der Waals surface area contributed by atoms with E-state index < -0.39 is 68.1 Å². The molecule has 2 fully saturated rings. The van der Waals surface area contributed by atoms with E-state index >= 15 is 0 Å². The standard InChI is InChI=1S/C30H27F5N6O4S/c1-39-29(42)20-8-7-19(11-17(20)12-38-39)40(15-18-13-37-21(14-36-18)16-5-3-2-4-6-16)30(43)22-9-10-41(22)46(44,45)28-26(34)24(32)23(31)25(33)27(28)35/h7-8,11-14,16,22H,2-6,9-10,15H2,1H3. The van der Waals surface area contributed by atoms with E-state index in [1.807, 2.05) is 0 Å². The summed E-state index contributed by atoms with van der Waals surface area (Å²) in [5.74, 6) is -13.0. The van der Waals surface area contributed by atoms with E-state index in [1.165, 1.54) is 42.5 Å². The van der Waals surface area contributed by atoms with Gasteiger partial charge in [0.05, 0.1) is 35.7 Å². The lowest BCUT2D eigenvalue weighted by molar-refractivity contribution is -0.125. The summed E-state index contributed by atoms with van der Waals surface area (Å²) in [6.07, 6.45) is 9.74. The van der Waals surface area contributed by atoms with Gasteiger partial charge in [-0.15, -0.1) is 0 Å². The third kappa shape index (κ3) is 5.42. The van der Waals surface area contributed by atoms with Crippen molar-refractivity contribution < 1.29 is 35.2 Å². The first-order valence-electron chi connectivity index (χ1n) is 14.5. The molecule has 1 aliphatic heterocycles. The quantitative estimate of drug-likeness (QED) is 0.163. The van der Waals surface area contributed by atoms with Gasteiger partial charge in [-0.2, -0.15) is 9.40 Å². The van der Waals surface area contributed by atoms with Gasteiger partial charge in [-0.25, -0.2) is 35.1 Å². The van der Waals surface area contributed by atoms with E-state index in [-0.39, 0.29) is 24.6 Å². The predicted octanol–water partition coefficient (Wildman–Crippen LogP) is 4.46. The fourth-order valence-corrected chi connectivity index (χ4v) is 7.66. The van der Waals surface area contributed by atoms with Crippen LogP contribution in [-0.2, 0) is 28.4 Å². The fourth-order valence-electron chi connectivity index (χ4n) is 5.92. The number of aromatic nitrogens is 4. The van der Waals surface area contributed by atoms with Gasteiger partial charge in [0, 0.05) is 36.8 Å². The highest BCUT2D eigenvalue weighted by atomic mass is 32.2. The number of amides is 1. The van der Waals surface area contributed by atoms with E-state index in [0.717, 1.165) is 42.5 Å². The number of hydrogen-bond donors (Lipinski definition) is 0. The molecule has 2 aromatic heterocycles. The summed E-state index contributed by atoms with van der Waals surface area (Å²) in [5.41, 5.74) is 0.966. The average molecular weight is 663 g/mol. The number of benzene rings is 2. The molecule has 6 rings (SSSR count). The molecule has 10 nitrogen and oxygen atoms in total. The second-order valence-electron chi connectivity index (χ2n) is 11.4. The van der Waals surface area contributed by atoms with Gasteiger partial charge >= 0.3 is 0 Å². The lowest BCUT2D eigenvalue weighted by atomic mass is 9.87. The smallest absolute Gasteiger partial charge is 0.274 e. The lowest BCUT2D eigenvalue weighted by Crippen LogP contribution is -2.59. The molecule has 1 amide bonds. The molecule has 0 spiro atoms. The Hall–Kier alpha value is -4.31. The number of fused-ring (bicyclic) bond motifs is 1. The number of carbonyl (C=O) groups is 1. The van der Waals surface area contributed by atoms with E-state index in [2.05, 4.69) is 15.1 Å². The van der Waals surface area contributed by atoms with Gasteiger partial charge in [0.2, 0.25) is 21.7 Å². The first kappa shape index (κ1) is 31.7. The maximum absolute atomic E-state index is 14.6. The van der Waals surface area contributed by atoms with Crippen LogP contribution in [0.2, 0.25) is 0 Å². The summed E-state index contributed by atoms with van der Waals surface area (Å²) < 4.78 is 98.7. The predicted molar refractivity (Wildman–Crippen MR) is 155 cm³/mol. The van der Waals surface area contributed by atoms with Crippen LogP contribution in [0, 0.1) is 29.1 Å². The van der Waals surface area contributed by atoms with Crippen LogP contribution in [0.15, 0.2) is 46.5 Å². The van der Waals surface area contributed by atoms with Crippen molar-refractivity contribution in [3.63, 3.8) is 0 Å². The van der Waals surface area contributed by atoms with Crippen molar-refractivity contribution in [1.82, 2.24) is 24.1 Å². The summed E-state index contributed by atoms with van der Waals surface area (Å²) in [6.45, 7) is -0.632. The van der Waals surface area contributed by atoms with E-state index in [1.54, 1.807) is 6.20 Å². The van der Waals surface area contributed by atoms with Crippen molar-refractivity contribution in [2.24, 2.45) is 7.05 Å². The molecular weight excluding hydrogens is 635 g/mol. The van der Waals surface area contributed by atoms with Crippen LogP contribution in [0.3, 0.4) is 0 Å². The molecule has 1 saturated heterocycles. The third-order valence-electron chi connectivity index (χ3n) is 8.57. The molecule has 242 valence electrons. The molecular formula is C30H27F5N6O4S. The largest absolute Gasteiger partial charge is 0.305 e. The van der Waals surface area contributed by atoms with E-state index in [9.17, 15) is 40.0 Å². The Labute approximate surface area is 259 Å². The van der Waals surface area contributed by atoms with E-state index in [0.29, 0.717) is 20.8 Å². The van der Waals surface area contributed by atoms with Crippen LogP contribution in [0.1, 0.15) is 55.8 Å². The minimum atomic E-state index is -5.36. The van der Waals surface area contributed by atoms with Crippen molar-refractivity contribution in [2.45, 2.75) is 61.9 Å². The molecule has 0 bridgehead atoms. The molecule has 3 heterocycles. The Morgan fingerprint density at radius 3 is 2.20 bits per heavy atom. The van der Waals surface area contributed by atoms with Gasteiger partial charge in [0.25, 0.3) is 5.56 Å². The van der Waals surface area contributed by atoms with Crippen molar-refractivity contribution in [3.8, 4) is 0 Å². The minimum Gasteiger partial charge on any atom is -0.305 e. The maximum Gasteiger partial charge on any atom is 0.274 e. The van der Waals surface area contributed by atoms with Crippen molar-refractivity contribution in [3.05, 3.63) is 87.6 Å². The van der Waals surface area contributed by atoms with Crippen LogP contribution in [0.5, 0.6) is 0 Å². The molecule has 4 aromatic rings. The number of rotatable bonds is 7. The molecule has 2 aromatic carbocycles. The van der Waals surface area contributed by atoms with Crippen LogP contribution < -0.4 is 10.5 Å². The first-order chi connectivity index (χ1) is 21.9. The Balaban J connectivity index is 1.36. The number of sulfonamides is 1. The second kappa shape index (κ2) is 12.1. The summed E-state index contributed by atoms with van der Waals surface area (Å²) >= 11 is 0. The SMILES string of the molecule is Cn1ncc2cc(N(Cc3cnc(C4CCCCC4)cn3)C(=O)C3CCN3S(=O)(=O)c3c(F)c(F)c(F)c(F)c3F)ccc2c1=O. The van der Waals surface area contributed by atoms with Crippen molar-refractivity contribution >= 4 is 32.4 Å². The molecule has 1 atom stereocenters. The highest BCUT2D eigenvalue weighted by molar-refractivity contribution is 7.89. The zero-order valence-electron chi connectivity index (χ0n) is 24.4. The Morgan fingerprint density at radius 1 is 0.913 bits per heavy atom.